The molecule has 0 aliphatic carbocycles. The van der Waals surface area contributed by atoms with Crippen molar-refractivity contribution < 1.29 is 18.0 Å². The Hall–Kier alpha value is -1.89. The van der Waals surface area contributed by atoms with Crippen LogP contribution in [-0.2, 0) is 11.2 Å². The van der Waals surface area contributed by atoms with E-state index in [4.69, 9.17) is 0 Å². The van der Waals surface area contributed by atoms with E-state index in [-0.39, 0.29) is 30.5 Å². The van der Waals surface area contributed by atoms with E-state index in [0.717, 1.165) is 22.8 Å². The van der Waals surface area contributed by atoms with Crippen molar-refractivity contribution in [1.82, 2.24) is 15.6 Å². The molecule has 0 unspecified atom stereocenters. The molecule has 0 aliphatic heterocycles. The van der Waals surface area contributed by atoms with Crippen molar-refractivity contribution in [3.05, 3.63) is 45.7 Å². The number of guanidine groups is 1. The van der Waals surface area contributed by atoms with Crippen LogP contribution in [0.5, 0.6) is 0 Å². The van der Waals surface area contributed by atoms with E-state index in [0.29, 0.717) is 25.5 Å². The Labute approximate surface area is 182 Å². The van der Waals surface area contributed by atoms with Gasteiger partial charge in [-0.05, 0) is 26.0 Å². The van der Waals surface area contributed by atoms with Gasteiger partial charge in [-0.25, -0.2) is 23.1 Å². The predicted octanol–water partition coefficient (Wildman–Crippen LogP) is 3.22. The lowest BCUT2D eigenvalue weighted by Gasteiger charge is -2.11. The molecule has 0 saturated heterocycles. The Morgan fingerprint density at radius 3 is 2.61 bits per heavy atom. The number of hydrogen-bond acceptors (Lipinski definition) is 4. The van der Waals surface area contributed by atoms with Crippen molar-refractivity contribution in [2.24, 2.45) is 4.99 Å². The molecule has 0 fully saturated rings. The first-order valence-electron chi connectivity index (χ1n) is 8.27. The van der Waals surface area contributed by atoms with Crippen LogP contribution in [0.4, 0.5) is 18.9 Å². The fourth-order valence-electron chi connectivity index (χ4n) is 2.14. The molecule has 0 bridgehead atoms. The number of aryl methyl sites for hydroxylation is 1. The first-order chi connectivity index (χ1) is 12.9. The van der Waals surface area contributed by atoms with Crippen LogP contribution < -0.4 is 16.0 Å². The summed E-state index contributed by atoms with van der Waals surface area (Å²) < 4.78 is 39.7. The first kappa shape index (κ1) is 24.1. The van der Waals surface area contributed by atoms with E-state index >= 15 is 0 Å². The zero-order valence-corrected chi connectivity index (χ0v) is 18.5. The fraction of sp³-hybridized carbons (Fsp3) is 0.353. The van der Waals surface area contributed by atoms with Gasteiger partial charge in [0, 0.05) is 24.9 Å². The summed E-state index contributed by atoms with van der Waals surface area (Å²) in [5.41, 5.74) is 0.526. The summed E-state index contributed by atoms with van der Waals surface area (Å²) in [7, 11) is 0. The monoisotopic (exact) mass is 527 g/mol. The third-order valence-electron chi connectivity index (χ3n) is 3.37. The lowest BCUT2D eigenvalue weighted by atomic mass is 10.3. The Bertz CT molecular complexity index is 831. The molecule has 0 saturated carbocycles. The molecular formula is C17H21F3IN5OS. The molecule has 154 valence electrons. The van der Waals surface area contributed by atoms with Crippen LogP contribution in [-0.4, -0.2) is 36.5 Å². The second kappa shape index (κ2) is 11.8. The van der Waals surface area contributed by atoms with Gasteiger partial charge in [0.15, 0.2) is 23.4 Å². The lowest BCUT2D eigenvalue weighted by Crippen LogP contribution is -2.39. The number of anilines is 1. The van der Waals surface area contributed by atoms with Gasteiger partial charge in [0.1, 0.15) is 6.54 Å². The molecule has 1 heterocycles. The summed E-state index contributed by atoms with van der Waals surface area (Å²) in [4.78, 5) is 20.3. The SMILES string of the molecule is CCNC(=NCC(=O)Nc1ccc(F)c(F)c1F)NCCc1csc(C)n1.I. The predicted molar refractivity (Wildman–Crippen MR) is 115 cm³/mol. The summed E-state index contributed by atoms with van der Waals surface area (Å²) in [5, 5.41) is 11.2. The standard InChI is InChI=1S/C17H20F3N5OS.HI/c1-3-21-17(22-7-6-11-9-27-10(2)24-11)23-8-14(26)25-13-5-4-12(18)15(19)16(13)20;/h4-5,9H,3,6-8H2,1-2H3,(H,25,26)(H2,21,22,23);1H. The number of thiazole rings is 1. The number of hydrogen-bond donors (Lipinski definition) is 3. The number of halogens is 4. The van der Waals surface area contributed by atoms with Crippen LogP contribution >= 0.6 is 35.3 Å². The molecule has 2 rings (SSSR count). The van der Waals surface area contributed by atoms with Crippen molar-refractivity contribution >= 4 is 52.9 Å². The van der Waals surface area contributed by atoms with Crippen molar-refractivity contribution in [2.45, 2.75) is 20.3 Å². The first-order valence-corrected chi connectivity index (χ1v) is 9.15. The molecule has 1 amide bonds. The topological polar surface area (TPSA) is 78.4 Å². The number of amides is 1. The molecule has 28 heavy (non-hydrogen) atoms. The number of benzene rings is 1. The number of nitrogens with zero attached hydrogens (tertiary/aromatic N) is 2. The minimum Gasteiger partial charge on any atom is -0.357 e. The Morgan fingerprint density at radius 2 is 1.96 bits per heavy atom. The minimum absolute atomic E-state index is 0. The van der Waals surface area contributed by atoms with Crippen molar-refractivity contribution in [3.63, 3.8) is 0 Å². The molecule has 1 aromatic carbocycles. The smallest absolute Gasteiger partial charge is 0.246 e. The summed E-state index contributed by atoms with van der Waals surface area (Å²) in [6.07, 6.45) is 0.695. The molecule has 2 aromatic rings. The van der Waals surface area contributed by atoms with E-state index < -0.39 is 29.0 Å². The van der Waals surface area contributed by atoms with Gasteiger partial charge in [0.05, 0.1) is 16.4 Å². The molecule has 0 atom stereocenters. The van der Waals surface area contributed by atoms with Gasteiger partial charge < -0.3 is 16.0 Å². The number of carbonyl (C=O) groups is 1. The highest BCUT2D eigenvalue weighted by Crippen LogP contribution is 2.19. The van der Waals surface area contributed by atoms with Crippen LogP contribution in [0, 0.1) is 24.4 Å². The van der Waals surface area contributed by atoms with Gasteiger partial charge in [-0.2, -0.15) is 0 Å². The highest BCUT2D eigenvalue weighted by molar-refractivity contribution is 14.0. The van der Waals surface area contributed by atoms with Crippen molar-refractivity contribution in [3.8, 4) is 0 Å². The summed E-state index contributed by atoms with van der Waals surface area (Å²) in [6, 6.07) is 1.69. The van der Waals surface area contributed by atoms with E-state index in [1.165, 1.54) is 0 Å². The van der Waals surface area contributed by atoms with Crippen molar-refractivity contribution in [1.29, 1.82) is 0 Å². The van der Waals surface area contributed by atoms with Gasteiger partial charge in [0.25, 0.3) is 0 Å². The quantitative estimate of drug-likeness (QED) is 0.224. The summed E-state index contributed by atoms with van der Waals surface area (Å²) >= 11 is 1.57. The van der Waals surface area contributed by atoms with Gasteiger partial charge in [-0.1, -0.05) is 0 Å². The summed E-state index contributed by atoms with van der Waals surface area (Å²) in [5.74, 6) is -4.66. The maximum Gasteiger partial charge on any atom is 0.246 e. The van der Waals surface area contributed by atoms with Gasteiger partial charge in [-0.3, -0.25) is 4.79 Å². The number of nitrogens with one attached hydrogen (secondary N) is 3. The zero-order valence-electron chi connectivity index (χ0n) is 15.3. The molecule has 11 heteroatoms. The second-order valence-electron chi connectivity index (χ2n) is 5.50. The van der Waals surface area contributed by atoms with Gasteiger partial charge >= 0.3 is 0 Å². The van der Waals surface area contributed by atoms with Crippen LogP contribution in [0.2, 0.25) is 0 Å². The van der Waals surface area contributed by atoms with Gasteiger partial charge in [-0.15, -0.1) is 35.3 Å². The fourth-order valence-corrected chi connectivity index (χ4v) is 2.78. The van der Waals surface area contributed by atoms with E-state index in [1.54, 1.807) is 11.3 Å². The van der Waals surface area contributed by atoms with Gasteiger partial charge in [0.2, 0.25) is 5.91 Å². The van der Waals surface area contributed by atoms with E-state index in [1.807, 2.05) is 19.2 Å². The second-order valence-corrected chi connectivity index (χ2v) is 6.56. The Kier molecular flexibility index (Phi) is 10.2. The average Bonchev–Trinajstić information content (AvgIpc) is 3.05. The largest absolute Gasteiger partial charge is 0.357 e. The van der Waals surface area contributed by atoms with Crippen LogP contribution in [0.1, 0.15) is 17.6 Å². The highest BCUT2D eigenvalue weighted by Gasteiger charge is 2.15. The highest BCUT2D eigenvalue weighted by atomic mass is 127. The average molecular weight is 527 g/mol. The Balaban J connectivity index is 0.00000392. The molecular weight excluding hydrogens is 506 g/mol. The molecule has 3 N–H and O–H groups in total. The number of rotatable bonds is 7. The summed E-state index contributed by atoms with van der Waals surface area (Å²) in [6.45, 7) is 4.64. The molecule has 6 nitrogen and oxygen atoms in total. The van der Waals surface area contributed by atoms with Crippen LogP contribution in [0.3, 0.4) is 0 Å². The lowest BCUT2D eigenvalue weighted by molar-refractivity contribution is -0.114. The van der Waals surface area contributed by atoms with E-state index in [9.17, 15) is 18.0 Å². The molecule has 1 aromatic heterocycles. The third kappa shape index (κ3) is 7.26. The van der Waals surface area contributed by atoms with Crippen LogP contribution in [0.25, 0.3) is 0 Å². The van der Waals surface area contributed by atoms with Crippen LogP contribution in [0.15, 0.2) is 22.5 Å². The minimum atomic E-state index is -1.64. The number of carbonyl (C=O) groups excluding carboxylic acids is 1. The van der Waals surface area contributed by atoms with E-state index in [2.05, 4.69) is 25.9 Å². The normalized spacial score (nSPS) is 11.0. The number of aromatic nitrogens is 1. The maximum atomic E-state index is 13.6. The molecule has 0 spiro atoms. The van der Waals surface area contributed by atoms with Crippen molar-refractivity contribution in [2.75, 3.05) is 25.0 Å². The number of aliphatic imine (C=N–C) groups is 1. The zero-order chi connectivity index (χ0) is 19.8. The third-order valence-corrected chi connectivity index (χ3v) is 4.20. The molecule has 0 radical (unpaired) electrons. The molecule has 0 aliphatic rings. The maximum absolute atomic E-state index is 13.6. The Morgan fingerprint density at radius 1 is 1.21 bits per heavy atom.